The van der Waals surface area contributed by atoms with Crippen LogP contribution in [0.5, 0.6) is 0 Å². The van der Waals surface area contributed by atoms with Gasteiger partial charge in [0, 0.05) is 4.91 Å². The third kappa shape index (κ3) is 2.65. The Morgan fingerprint density at radius 3 is 2.30 bits per heavy atom. The lowest BCUT2D eigenvalue weighted by Gasteiger charge is -2.11. The Morgan fingerprint density at radius 1 is 1.40 bits per heavy atom. The standard InChI is InChI=1S/C4H9N3O3/c5-7-6-3(1-8)4(10)2-9/h3-4,8-10H,1-2H2/t3-,4-/m1/s1. The van der Waals surface area contributed by atoms with Gasteiger partial charge >= 0.3 is 0 Å². The van der Waals surface area contributed by atoms with Gasteiger partial charge in [-0.15, -0.1) is 0 Å². The molecular weight excluding hydrogens is 138 g/mol. The normalized spacial score (nSPS) is 15.5. The first-order valence-corrected chi connectivity index (χ1v) is 2.70. The van der Waals surface area contributed by atoms with Crippen LogP contribution in [0, 0.1) is 0 Å². The van der Waals surface area contributed by atoms with Crippen LogP contribution in [-0.4, -0.2) is 40.7 Å². The van der Waals surface area contributed by atoms with Crippen molar-refractivity contribution in [1.29, 1.82) is 0 Å². The highest BCUT2D eigenvalue weighted by atomic mass is 16.3. The minimum absolute atomic E-state index is 0.466. The zero-order chi connectivity index (χ0) is 7.98. The average molecular weight is 147 g/mol. The molecule has 0 aliphatic heterocycles. The molecule has 3 N–H and O–H groups in total. The van der Waals surface area contributed by atoms with E-state index in [0.717, 1.165) is 0 Å². The van der Waals surface area contributed by atoms with E-state index in [1.54, 1.807) is 0 Å². The van der Waals surface area contributed by atoms with Crippen molar-refractivity contribution in [2.45, 2.75) is 12.1 Å². The number of aliphatic hydroxyl groups excluding tert-OH is 3. The van der Waals surface area contributed by atoms with Gasteiger partial charge in [-0.05, 0) is 5.53 Å². The molecule has 0 fully saturated rings. The highest BCUT2D eigenvalue weighted by molar-refractivity contribution is 4.73. The molecule has 6 nitrogen and oxygen atoms in total. The van der Waals surface area contributed by atoms with E-state index < -0.39 is 25.4 Å². The molecule has 0 aromatic carbocycles. The maximum atomic E-state index is 8.77. The van der Waals surface area contributed by atoms with Gasteiger partial charge in [-0.2, -0.15) is 0 Å². The van der Waals surface area contributed by atoms with E-state index in [1.807, 2.05) is 0 Å². The molecule has 58 valence electrons. The first-order chi connectivity index (χ1) is 4.76. The van der Waals surface area contributed by atoms with Crippen LogP contribution in [0.15, 0.2) is 5.11 Å². The number of azide groups is 1. The van der Waals surface area contributed by atoms with Gasteiger partial charge in [-0.25, -0.2) is 0 Å². The molecule has 6 heteroatoms. The van der Waals surface area contributed by atoms with Crippen molar-refractivity contribution in [1.82, 2.24) is 0 Å². The second-order valence-electron chi connectivity index (χ2n) is 1.70. The van der Waals surface area contributed by atoms with Crippen molar-refractivity contribution in [3.05, 3.63) is 10.4 Å². The third-order valence-electron chi connectivity index (χ3n) is 1.02. The second-order valence-corrected chi connectivity index (χ2v) is 1.70. The molecule has 0 bridgehead atoms. The van der Waals surface area contributed by atoms with Gasteiger partial charge in [0.1, 0.15) is 0 Å². The summed E-state index contributed by atoms with van der Waals surface area (Å²) in [5.41, 5.74) is 7.87. The topological polar surface area (TPSA) is 109 Å². The number of aliphatic hydroxyl groups is 3. The Balaban J connectivity index is 3.91. The predicted octanol–water partition coefficient (Wildman–Crippen LogP) is -0.989. The molecule has 0 aromatic heterocycles. The molecule has 0 saturated carbocycles. The quantitative estimate of drug-likeness (QED) is 0.270. The largest absolute Gasteiger partial charge is 0.396 e. The van der Waals surface area contributed by atoms with Gasteiger partial charge in [-0.3, -0.25) is 0 Å². The van der Waals surface area contributed by atoms with Crippen LogP contribution in [-0.2, 0) is 0 Å². The van der Waals surface area contributed by atoms with Crippen molar-refractivity contribution in [3.8, 4) is 0 Å². The number of nitrogens with zero attached hydrogens (tertiary/aromatic N) is 3. The highest BCUT2D eigenvalue weighted by Gasteiger charge is 2.14. The summed E-state index contributed by atoms with van der Waals surface area (Å²) in [4.78, 5) is 2.37. The number of rotatable bonds is 4. The molecule has 0 unspecified atom stereocenters. The Morgan fingerprint density at radius 2 is 2.00 bits per heavy atom. The van der Waals surface area contributed by atoms with Gasteiger partial charge in [0.05, 0.1) is 25.4 Å². The summed E-state index contributed by atoms with van der Waals surface area (Å²) in [6.07, 6.45) is -1.18. The smallest absolute Gasteiger partial charge is 0.0886 e. The highest BCUT2D eigenvalue weighted by Crippen LogP contribution is 1.97. The zero-order valence-electron chi connectivity index (χ0n) is 5.25. The summed E-state index contributed by atoms with van der Waals surface area (Å²) >= 11 is 0. The fourth-order valence-corrected chi connectivity index (χ4v) is 0.423. The minimum Gasteiger partial charge on any atom is -0.396 e. The van der Waals surface area contributed by atoms with Crippen LogP contribution in [0.3, 0.4) is 0 Å². The van der Waals surface area contributed by atoms with Crippen molar-refractivity contribution < 1.29 is 15.3 Å². The molecule has 2 atom stereocenters. The first-order valence-electron chi connectivity index (χ1n) is 2.70. The molecule has 0 aliphatic carbocycles. The lowest BCUT2D eigenvalue weighted by molar-refractivity contribution is 0.0551. The molecule has 0 radical (unpaired) electrons. The molecule has 10 heavy (non-hydrogen) atoms. The summed E-state index contributed by atoms with van der Waals surface area (Å²) < 4.78 is 0. The van der Waals surface area contributed by atoms with E-state index in [-0.39, 0.29) is 0 Å². The maximum absolute atomic E-state index is 8.77. The van der Waals surface area contributed by atoms with Gasteiger partial charge < -0.3 is 15.3 Å². The molecular formula is C4H9N3O3. The van der Waals surface area contributed by atoms with Crippen molar-refractivity contribution in [3.63, 3.8) is 0 Å². The Labute approximate surface area is 57.4 Å². The summed E-state index contributed by atoms with van der Waals surface area (Å²) in [7, 11) is 0. The zero-order valence-corrected chi connectivity index (χ0v) is 5.25. The molecule has 0 amide bonds. The summed E-state index contributed by atoms with van der Waals surface area (Å²) in [6, 6.07) is -0.949. The van der Waals surface area contributed by atoms with Crippen molar-refractivity contribution in [2.75, 3.05) is 13.2 Å². The third-order valence-corrected chi connectivity index (χ3v) is 1.02. The Bertz CT molecular complexity index is 134. The van der Waals surface area contributed by atoms with Crippen LogP contribution in [0.4, 0.5) is 0 Å². The van der Waals surface area contributed by atoms with Gasteiger partial charge in [0.15, 0.2) is 0 Å². The van der Waals surface area contributed by atoms with E-state index in [2.05, 4.69) is 10.0 Å². The summed E-state index contributed by atoms with van der Waals surface area (Å²) in [5, 5.41) is 28.5. The molecule has 0 heterocycles. The average Bonchev–Trinajstić information content (AvgIpc) is 1.99. The van der Waals surface area contributed by atoms with Crippen molar-refractivity contribution >= 4 is 0 Å². The molecule has 0 rings (SSSR count). The fourth-order valence-electron chi connectivity index (χ4n) is 0.423. The van der Waals surface area contributed by atoms with Crippen LogP contribution in [0.1, 0.15) is 0 Å². The molecule has 0 saturated heterocycles. The SMILES string of the molecule is [N-]=[N+]=N[C@H](CO)[C@H](O)CO. The van der Waals surface area contributed by atoms with Gasteiger partial charge in [0.25, 0.3) is 0 Å². The molecule has 0 spiro atoms. The van der Waals surface area contributed by atoms with E-state index in [9.17, 15) is 0 Å². The second kappa shape index (κ2) is 5.01. The van der Waals surface area contributed by atoms with Crippen LogP contribution < -0.4 is 0 Å². The minimum atomic E-state index is -1.18. The van der Waals surface area contributed by atoms with Crippen LogP contribution in [0.2, 0.25) is 0 Å². The maximum Gasteiger partial charge on any atom is 0.0886 e. The predicted molar refractivity (Wildman–Crippen MR) is 33.1 cm³/mol. The van der Waals surface area contributed by atoms with Crippen LogP contribution in [0.25, 0.3) is 10.4 Å². The first kappa shape index (κ1) is 9.19. The van der Waals surface area contributed by atoms with Gasteiger partial charge in [0.2, 0.25) is 0 Å². The van der Waals surface area contributed by atoms with Gasteiger partial charge in [-0.1, -0.05) is 5.11 Å². The number of hydrogen-bond acceptors (Lipinski definition) is 4. The Kier molecular flexibility index (Phi) is 4.61. The van der Waals surface area contributed by atoms with E-state index >= 15 is 0 Å². The fraction of sp³-hybridized carbons (Fsp3) is 1.00. The molecule has 0 aliphatic rings. The monoisotopic (exact) mass is 147 g/mol. The lowest BCUT2D eigenvalue weighted by Crippen LogP contribution is -2.30. The van der Waals surface area contributed by atoms with E-state index in [0.29, 0.717) is 0 Å². The van der Waals surface area contributed by atoms with Crippen molar-refractivity contribution in [2.24, 2.45) is 5.11 Å². The van der Waals surface area contributed by atoms with Crippen LogP contribution >= 0.6 is 0 Å². The summed E-state index contributed by atoms with van der Waals surface area (Å²) in [6.45, 7) is -0.990. The lowest BCUT2D eigenvalue weighted by atomic mass is 10.2. The van der Waals surface area contributed by atoms with E-state index in [4.69, 9.17) is 20.9 Å². The molecule has 0 aromatic rings. The Hall–Kier alpha value is -0.810. The number of hydrogen-bond donors (Lipinski definition) is 3. The van der Waals surface area contributed by atoms with E-state index in [1.165, 1.54) is 0 Å². The summed E-state index contributed by atoms with van der Waals surface area (Å²) in [5.74, 6) is 0.